The summed E-state index contributed by atoms with van der Waals surface area (Å²) in [5, 5.41) is 7.07. The van der Waals surface area contributed by atoms with Gasteiger partial charge in [-0.3, -0.25) is 0 Å². The van der Waals surface area contributed by atoms with Gasteiger partial charge in [0.15, 0.2) is 0 Å². The van der Waals surface area contributed by atoms with Gasteiger partial charge < -0.3 is 10.6 Å². The van der Waals surface area contributed by atoms with Crippen LogP contribution in [0.1, 0.15) is 28.5 Å². The highest BCUT2D eigenvalue weighted by Gasteiger charge is 2.26. The van der Waals surface area contributed by atoms with Crippen LogP contribution in [0.25, 0.3) is 0 Å². The largest absolute Gasteiger partial charge is 0.312 e. The van der Waals surface area contributed by atoms with E-state index in [-0.39, 0.29) is 2.85 Å². The van der Waals surface area contributed by atoms with Crippen molar-refractivity contribution < 1.29 is 2.85 Å². The highest BCUT2D eigenvalue weighted by Crippen LogP contribution is 2.16. The fraction of sp³-hybridized carbons (Fsp3) is 1.00. The van der Waals surface area contributed by atoms with Gasteiger partial charge in [-0.2, -0.15) is 0 Å². The van der Waals surface area contributed by atoms with Crippen molar-refractivity contribution in [2.24, 2.45) is 0 Å². The topological polar surface area (TPSA) is 24.1 Å². The lowest BCUT2D eigenvalue weighted by Gasteiger charge is -2.17. The molecule has 0 bridgehead atoms. The first-order chi connectivity index (χ1) is 4.97. The minimum atomic E-state index is 0. The lowest BCUT2D eigenvalue weighted by Crippen LogP contribution is -2.40. The van der Waals surface area contributed by atoms with Crippen molar-refractivity contribution in [2.75, 3.05) is 13.1 Å². The molecule has 0 radical (unpaired) electrons. The van der Waals surface area contributed by atoms with Crippen molar-refractivity contribution >= 4 is 0 Å². The average Bonchev–Trinajstić information content (AvgIpc) is 2.59. The van der Waals surface area contributed by atoms with Crippen LogP contribution >= 0.6 is 0 Å². The van der Waals surface area contributed by atoms with Crippen LogP contribution in [0, 0.1) is 0 Å². The monoisotopic (exact) mass is 144 g/mol. The van der Waals surface area contributed by atoms with Gasteiger partial charge in [-0.1, -0.05) is 0 Å². The maximum Gasteiger partial charge on any atom is 0.0221 e. The Balaban J connectivity index is 0.000000605. The molecule has 0 amide bonds. The maximum atomic E-state index is 3.54. The molecule has 2 aliphatic rings. The molecular formula is C8H20N2. The second kappa shape index (κ2) is 2.89. The lowest BCUT2D eigenvalue weighted by atomic mass is 10.1. The summed E-state index contributed by atoms with van der Waals surface area (Å²) in [5.41, 5.74) is 0. The number of hydrogen-bond acceptors (Lipinski definition) is 2. The van der Waals surface area contributed by atoms with Gasteiger partial charge in [-0.15, -0.1) is 0 Å². The molecule has 2 atom stereocenters. The van der Waals surface area contributed by atoms with Gasteiger partial charge in [0.05, 0.1) is 0 Å². The smallest absolute Gasteiger partial charge is 0.0221 e. The summed E-state index contributed by atoms with van der Waals surface area (Å²) in [6.07, 6.45) is 5.53. The zero-order chi connectivity index (χ0) is 6.81. The fourth-order valence-electron chi connectivity index (χ4n) is 2.11. The Labute approximate surface area is 65.4 Å². The van der Waals surface area contributed by atoms with Crippen LogP contribution in [0.3, 0.4) is 0 Å². The van der Waals surface area contributed by atoms with Crippen molar-refractivity contribution in [3.63, 3.8) is 0 Å². The molecule has 2 heteroatoms. The molecule has 2 heterocycles. The zero-order valence-corrected chi connectivity index (χ0v) is 6.40. The van der Waals surface area contributed by atoms with Crippen molar-refractivity contribution in [3.05, 3.63) is 0 Å². The average molecular weight is 144 g/mol. The summed E-state index contributed by atoms with van der Waals surface area (Å²) in [4.78, 5) is 0. The van der Waals surface area contributed by atoms with Crippen LogP contribution in [0.4, 0.5) is 0 Å². The van der Waals surface area contributed by atoms with Crippen molar-refractivity contribution in [1.29, 1.82) is 0 Å². The predicted octanol–water partition coefficient (Wildman–Crippen LogP) is 0.982. The molecule has 62 valence electrons. The SMILES string of the molecule is C1CN[C@H]([C@@H]2CCCN2)C1.[HH].[HH]. The van der Waals surface area contributed by atoms with Gasteiger partial charge in [0, 0.05) is 14.9 Å². The molecule has 2 rings (SSSR count). The summed E-state index contributed by atoms with van der Waals surface area (Å²) in [6, 6.07) is 1.59. The Bertz CT molecular complexity index is 95.6. The normalized spacial score (nSPS) is 40.8. The van der Waals surface area contributed by atoms with E-state index in [1.54, 1.807) is 0 Å². The minimum Gasteiger partial charge on any atom is -0.312 e. The zero-order valence-electron chi connectivity index (χ0n) is 6.40. The third-order valence-electron chi connectivity index (χ3n) is 2.68. The molecule has 2 fully saturated rings. The van der Waals surface area contributed by atoms with E-state index in [2.05, 4.69) is 10.6 Å². The lowest BCUT2D eigenvalue weighted by molar-refractivity contribution is 0.449. The fourth-order valence-corrected chi connectivity index (χ4v) is 2.11. The predicted molar refractivity (Wildman–Crippen MR) is 46.3 cm³/mol. The molecule has 0 aromatic rings. The summed E-state index contributed by atoms with van der Waals surface area (Å²) in [5.74, 6) is 0. The Morgan fingerprint density at radius 1 is 0.900 bits per heavy atom. The molecule has 2 aliphatic heterocycles. The first kappa shape index (κ1) is 6.62. The molecule has 0 aromatic heterocycles. The van der Waals surface area contributed by atoms with Gasteiger partial charge in [0.25, 0.3) is 0 Å². The minimum absolute atomic E-state index is 0. The highest BCUT2D eigenvalue weighted by atomic mass is 15.0. The van der Waals surface area contributed by atoms with Crippen LogP contribution in [-0.4, -0.2) is 25.2 Å². The highest BCUT2D eigenvalue weighted by molar-refractivity contribution is 4.89. The van der Waals surface area contributed by atoms with E-state index in [0.717, 1.165) is 12.1 Å². The Morgan fingerprint density at radius 3 is 1.70 bits per heavy atom. The summed E-state index contributed by atoms with van der Waals surface area (Å²) in [7, 11) is 0. The second-order valence-corrected chi connectivity index (χ2v) is 3.41. The molecule has 2 saturated heterocycles. The molecule has 10 heavy (non-hydrogen) atoms. The van der Waals surface area contributed by atoms with Gasteiger partial charge in [-0.25, -0.2) is 0 Å². The van der Waals surface area contributed by atoms with E-state index in [0.29, 0.717) is 0 Å². The summed E-state index contributed by atoms with van der Waals surface area (Å²) < 4.78 is 0. The van der Waals surface area contributed by atoms with E-state index in [9.17, 15) is 0 Å². The molecule has 0 saturated carbocycles. The Hall–Kier alpha value is -0.0800. The van der Waals surface area contributed by atoms with Gasteiger partial charge in [0.2, 0.25) is 0 Å². The first-order valence-corrected chi connectivity index (χ1v) is 4.43. The molecular weight excluding hydrogens is 124 g/mol. The first-order valence-electron chi connectivity index (χ1n) is 4.43. The van der Waals surface area contributed by atoms with Crippen LogP contribution in [0.2, 0.25) is 0 Å². The van der Waals surface area contributed by atoms with Gasteiger partial charge in [-0.05, 0) is 38.8 Å². The van der Waals surface area contributed by atoms with E-state index in [1.165, 1.54) is 38.8 Å². The molecule has 0 spiro atoms. The van der Waals surface area contributed by atoms with Crippen molar-refractivity contribution in [1.82, 2.24) is 10.6 Å². The van der Waals surface area contributed by atoms with Crippen LogP contribution in [-0.2, 0) is 0 Å². The van der Waals surface area contributed by atoms with Crippen molar-refractivity contribution in [2.45, 2.75) is 37.8 Å². The summed E-state index contributed by atoms with van der Waals surface area (Å²) in [6.45, 7) is 2.48. The molecule has 0 unspecified atom stereocenters. The van der Waals surface area contributed by atoms with Crippen LogP contribution in [0.15, 0.2) is 0 Å². The standard InChI is InChI=1S/C8H16N2.2H2/c1-3-7(9-5-1)8-4-2-6-10-8;;/h7-10H,1-6H2;2*1H/t7-,8-;;/m0../s1. The third kappa shape index (κ3) is 1.18. The van der Waals surface area contributed by atoms with Crippen LogP contribution in [0.5, 0.6) is 0 Å². The number of rotatable bonds is 1. The van der Waals surface area contributed by atoms with Crippen molar-refractivity contribution in [3.8, 4) is 0 Å². The molecule has 2 nitrogen and oxygen atoms in total. The summed E-state index contributed by atoms with van der Waals surface area (Å²) >= 11 is 0. The molecule has 2 N–H and O–H groups in total. The number of nitrogens with one attached hydrogen (secondary N) is 2. The quantitative estimate of drug-likeness (QED) is 0.573. The Kier molecular flexibility index (Phi) is 1.91. The number of hydrogen-bond donors (Lipinski definition) is 2. The Morgan fingerprint density at radius 2 is 1.40 bits per heavy atom. The third-order valence-corrected chi connectivity index (χ3v) is 2.68. The second-order valence-electron chi connectivity index (χ2n) is 3.41. The van der Waals surface area contributed by atoms with E-state index < -0.39 is 0 Å². The molecule has 0 aliphatic carbocycles. The van der Waals surface area contributed by atoms with Gasteiger partial charge >= 0.3 is 0 Å². The van der Waals surface area contributed by atoms with E-state index in [4.69, 9.17) is 0 Å². The molecule has 0 aromatic carbocycles. The van der Waals surface area contributed by atoms with Gasteiger partial charge in [0.1, 0.15) is 0 Å². The maximum absolute atomic E-state index is 3.54. The van der Waals surface area contributed by atoms with Crippen LogP contribution < -0.4 is 10.6 Å². The van der Waals surface area contributed by atoms with E-state index >= 15 is 0 Å². The van der Waals surface area contributed by atoms with E-state index in [1.807, 2.05) is 0 Å².